The molecule has 164 valence electrons. The van der Waals surface area contributed by atoms with E-state index < -0.39 is 36.5 Å². The van der Waals surface area contributed by atoms with Gasteiger partial charge in [0, 0.05) is 18.0 Å². The molecule has 2 aromatic carbocycles. The summed E-state index contributed by atoms with van der Waals surface area (Å²) in [7, 11) is 0. The van der Waals surface area contributed by atoms with E-state index in [2.05, 4.69) is 16.0 Å². The summed E-state index contributed by atoms with van der Waals surface area (Å²) in [6.45, 7) is 3.05. The topological polar surface area (TPSA) is 114 Å². The molecular formula is C23H27N3O5. The van der Waals surface area contributed by atoms with Gasteiger partial charge >= 0.3 is 12.0 Å². The van der Waals surface area contributed by atoms with E-state index in [1.165, 1.54) is 0 Å². The second-order valence-corrected chi connectivity index (χ2v) is 7.02. The Kier molecular flexibility index (Phi) is 9.22. The third-order valence-corrected chi connectivity index (χ3v) is 4.50. The molecule has 0 unspecified atom stereocenters. The highest BCUT2D eigenvalue weighted by molar-refractivity contribution is 5.98. The number of imide groups is 1. The van der Waals surface area contributed by atoms with Gasteiger partial charge in [-0.2, -0.15) is 0 Å². The molecule has 4 amide bonds. The summed E-state index contributed by atoms with van der Waals surface area (Å²) in [4.78, 5) is 48.7. The smallest absolute Gasteiger partial charge is 0.329 e. The predicted octanol–water partition coefficient (Wildman–Crippen LogP) is 2.20. The van der Waals surface area contributed by atoms with Crippen LogP contribution in [0.25, 0.3) is 0 Å². The number of benzene rings is 2. The molecule has 2 atom stereocenters. The number of carbonyl (C=O) groups is 4. The molecule has 0 saturated carbocycles. The van der Waals surface area contributed by atoms with Crippen LogP contribution in [0.5, 0.6) is 0 Å². The Labute approximate surface area is 181 Å². The Morgan fingerprint density at radius 2 is 1.52 bits per heavy atom. The van der Waals surface area contributed by atoms with Crippen LogP contribution >= 0.6 is 0 Å². The highest BCUT2D eigenvalue weighted by atomic mass is 16.5. The molecule has 31 heavy (non-hydrogen) atoms. The Morgan fingerprint density at radius 3 is 2.13 bits per heavy atom. The second kappa shape index (κ2) is 12.1. The first-order valence-corrected chi connectivity index (χ1v) is 10.1. The van der Waals surface area contributed by atoms with Gasteiger partial charge < -0.3 is 15.4 Å². The fourth-order valence-corrected chi connectivity index (χ4v) is 2.64. The van der Waals surface area contributed by atoms with Crippen LogP contribution < -0.4 is 16.0 Å². The number of nitrogens with one attached hydrogen (secondary N) is 3. The maximum absolute atomic E-state index is 12.6. The average Bonchev–Trinajstić information content (AvgIpc) is 2.78. The summed E-state index contributed by atoms with van der Waals surface area (Å²) in [5.74, 6) is -1.97. The predicted molar refractivity (Wildman–Crippen MR) is 115 cm³/mol. The Hall–Kier alpha value is -3.68. The molecule has 0 aliphatic heterocycles. The van der Waals surface area contributed by atoms with Gasteiger partial charge in [0.25, 0.3) is 11.8 Å². The van der Waals surface area contributed by atoms with Gasteiger partial charge in [-0.3, -0.25) is 14.9 Å². The molecule has 0 aromatic heterocycles. The molecule has 0 saturated heterocycles. The van der Waals surface area contributed by atoms with Gasteiger partial charge in [-0.15, -0.1) is 0 Å². The molecule has 3 N–H and O–H groups in total. The van der Waals surface area contributed by atoms with Gasteiger partial charge in [0.05, 0.1) is 0 Å². The average molecular weight is 425 g/mol. The van der Waals surface area contributed by atoms with Crippen LogP contribution in [0.2, 0.25) is 0 Å². The van der Waals surface area contributed by atoms with Crippen molar-refractivity contribution in [2.75, 3.05) is 6.61 Å². The van der Waals surface area contributed by atoms with Gasteiger partial charge in [0.2, 0.25) is 0 Å². The third kappa shape index (κ3) is 8.30. The molecule has 2 aromatic rings. The van der Waals surface area contributed by atoms with Crippen molar-refractivity contribution in [2.45, 2.75) is 38.8 Å². The van der Waals surface area contributed by atoms with Crippen molar-refractivity contribution >= 4 is 23.8 Å². The minimum atomic E-state index is -1.00. The first-order valence-electron chi connectivity index (χ1n) is 10.1. The number of carbonyl (C=O) groups excluding carboxylic acids is 4. The lowest BCUT2D eigenvalue weighted by atomic mass is 10.1. The summed E-state index contributed by atoms with van der Waals surface area (Å²) < 4.78 is 5.06. The van der Waals surface area contributed by atoms with Crippen molar-refractivity contribution < 1.29 is 23.9 Å². The highest BCUT2D eigenvalue weighted by Gasteiger charge is 2.24. The van der Waals surface area contributed by atoms with Crippen LogP contribution in [0, 0.1) is 0 Å². The number of esters is 1. The molecule has 0 aliphatic carbocycles. The fourth-order valence-electron chi connectivity index (χ4n) is 2.64. The Balaban J connectivity index is 1.98. The van der Waals surface area contributed by atoms with E-state index in [4.69, 9.17) is 4.74 Å². The fraction of sp³-hybridized carbons (Fsp3) is 0.304. The van der Waals surface area contributed by atoms with Crippen LogP contribution in [0.1, 0.15) is 36.2 Å². The summed E-state index contributed by atoms with van der Waals surface area (Å²) in [6, 6.07) is 15.8. The van der Waals surface area contributed by atoms with Crippen molar-refractivity contribution in [1.29, 1.82) is 0 Å². The van der Waals surface area contributed by atoms with Crippen molar-refractivity contribution in [3.8, 4) is 0 Å². The summed E-state index contributed by atoms with van der Waals surface area (Å²) in [5, 5.41) is 7.34. The van der Waals surface area contributed by atoms with Crippen LogP contribution in [-0.4, -0.2) is 42.5 Å². The molecule has 8 heteroatoms. The second-order valence-electron chi connectivity index (χ2n) is 7.02. The van der Waals surface area contributed by atoms with Crippen molar-refractivity contribution in [3.05, 3.63) is 71.8 Å². The summed E-state index contributed by atoms with van der Waals surface area (Å²) >= 11 is 0. The molecular weight excluding hydrogens is 398 g/mol. The van der Waals surface area contributed by atoms with E-state index in [0.29, 0.717) is 12.0 Å². The van der Waals surface area contributed by atoms with Gasteiger partial charge in [0.1, 0.15) is 6.04 Å². The normalized spacial score (nSPS) is 12.2. The Morgan fingerprint density at radius 1 is 0.903 bits per heavy atom. The number of rotatable bonds is 9. The van der Waals surface area contributed by atoms with E-state index in [9.17, 15) is 19.2 Å². The van der Waals surface area contributed by atoms with Gasteiger partial charge in [-0.05, 0) is 31.0 Å². The van der Waals surface area contributed by atoms with Gasteiger partial charge in [-0.1, -0.05) is 55.5 Å². The van der Waals surface area contributed by atoms with Gasteiger partial charge in [-0.25, -0.2) is 9.59 Å². The first kappa shape index (κ1) is 23.6. The lowest BCUT2D eigenvalue weighted by Crippen LogP contribution is -2.46. The van der Waals surface area contributed by atoms with Crippen LogP contribution in [0.4, 0.5) is 4.79 Å². The molecule has 2 rings (SSSR count). The number of urea groups is 1. The van der Waals surface area contributed by atoms with Crippen molar-refractivity contribution in [2.24, 2.45) is 0 Å². The number of amides is 4. The van der Waals surface area contributed by atoms with Crippen LogP contribution in [0.3, 0.4) is 0 Å². The van der Waals surface area contributed by atoms with Crippen LogP contribution in [0.15, 0.2) is 60.7 Å². The molecule has 8 nitrogen and oxygen atoms in total. The molecule has 0 aliphatic rings. The zero-order chi connectivity index (χ0) is 22.6. The maximum atomic E-state index is 12.6. The largest absolute Gasteiger partial charge is 0.454 e. The highest BCUT2D eigenvalue weighted by Crippen LogP contribution is 2.07. The molecule has 0 heterocycles. The number of ether oxygens (including phenoxy) is 1. The summed E-state index contributed by atoms with van der Waals surface area (Å²) in [6.07, 6.45) is 0.896. The molecule has 0 fully saturated rings. The molecule has 0 bridgehead atoms. The van der Waals surface area contributed by atoms with Crippen molar-refractivity contribution in [3.63, 3.8) is 0 Å². The lowest BCUT2D eigenvalue weighted by molar-refractivity contribution is -0.150. The van der Waals surface area contributed by atoms with Crippen molar-refractivity contribution in [1.82, 2.24) is 16.0 Å². The SMILES string of the molecule is CC[C@@H](C)NC(=O)NC(=O)COC(=O)[C@H](Cc1ccccc1)NC(=O)c1ccccc1. The minimum absolute atomic E-state index is 0.0983. The molecule has 0 radical (unpaired) electrons. The summed E-state index contributed by atoms with van der Waals surface area (Å²) in [5.41, 5.74) is 1.21. The maximum Gasteiger partial charge on any atom is 0.329 e. The van der Waals surface area contributed by atoms with E-state index in [-0.39, 0.29) is 12.5 Å². The number of hydrogen-bond donors (Lipinski definition) is 3. The van der Waals surface area contributed by atoms with E-state index in [0.717, 1.165) is 5.56 Å². The first-order chi connectivity index (χ1) is 14.9. The van der Waals surface area contributed by atoms with E-state index in [1.54, 1.807) is 37.3 Å². The van der Waals surface area contributed by atoms with Crippen LogP contribution in [-0.2, 0) is 20.7 Å². The molecule has 0 spiro atoms. The van der Waals surface area contributed by atoms with Gasteiger partial charge in [0.15, 0.2) is 6.61 Å². The quantitative estimate of drug-likeness (QED) is 0.533. The third-order valence-electron chi connectivity index (χ3n) is 4.50. The zero-order valence-electron chi connectivity index (χ0n) is 17.6. The standard InChI is InChI=1S/C23H27N3O5/c1-3-16(2)24-23(30)26-20(27)15-31-22(29)19(14-17-10-6-4-7-11-17)25-21(28)18-12-8-5-9-13-18/h4-13,16,19H,3,14-15H2,1-2H3,(H,25,28)(H2,24,26,27,30)/t16-,19+/m1/s1. The minimum Gasteiger partial charge on any atom is -0.454 e. The van der Waals surface area contributed by atoms with E-state index >= 15 is 0 Å². The van der Waals surface area contributed by atoms with E-state index in [1.807, 2.05) is 37.3 Å². The lowest BCUT2D eigenvalue weighted by Gasteiger charge is -2.18. The monoisotopic (exact) mass is 425 g/mol. The number of hydrogen-bond acceptors (Lipinski definition) is 5. The zero-order valence-corrected chi connectivity index (χ0v) is 17.6. The Bertz CT molecular complexity index is 887.